The number of esters is 2. The SMILES string of the molecule is COC(=O)[C@H](Cc1ccccc1)NC(=O)c1cc(Cl)c(OCCN2CCNC(C)C2)c(Cl)c1OC(C)=O. The molecule has 37 heavy (non-hydrogen) atoms. The number of benzene rings is 2. The van der Waals surface area contributed by atoms with E-state index >= 15 is 0 Å². The van der Waals surface area contributed by atoms with Crippen LogP contribution in [0.25, 0.3) is 0 Å². The maximum absolute atomic E-state index is 13.3. The number of carbonyl (C=O) groups is 3. The summed E-state index contributed by atoms with van der Waals surface area (Å²) < 4.78 is 16.0. The van der Waals surface area contributed by atoms with Crippen molar-refractivity contribution in [3.63, 3.8) is 0 Å². The van der Waals surface area contributed by atoms with Gasteiger partial charge in [0.25, 0.3) is 5.91 Å². The van der Waals surface area contributed by atoms with E-state index in [9.17, 15) is 14.4 Å². The normalized spacial score (nSPS) is 16.5. The quantitative estimate of drug-likeness (QED) is 0.342. The summed E-state index contributed by atoms with van der Waals surface area (Å²) in [6.45, 7) is 6.89. The van der Waals surface area contributed by atoms with Crippen molar-refractivity contribution in [3.05, 3.63) is 57.6 Å². The molecular weight excluding hydrogens is 521 g/mol. The first-order chi connectivity index (χ1) is 17.7. The highest BCUT2D eigenvalue weighted by atomic mass is 35.5. The highest BCUT2D eigenvalue weighted by molar-refractivity contribution is 6.39. The van der Waals surface area contributed by atoms with Gasteiger partial charge >= 0.3 is 11.9 Å². The highest BCUT2D eigenvalue weighted by Gasteiger charge is 2.28. The summed E-state index contributed by atoms with van der Waals surface area (Å²) in [5.74, 6) is -2.13. The Morgan fingerprint density at radius 2 is 1.92 bits per heavy atom. The number of hydrogen-bond donors (Lipinski definition) is 2. The average Bonchev–Trinajstić information content (AvgIpc) is 2.87. The maximum atomic E-state index is 13.3. The van der Waals surface area contributed by atoms with Crippen molar-refractivity contribution >= 4 is 41.0 Å². The smallest absolute Gasteiger partial charge is 0.328 e. The molecule has 2 aromatic rings. The van der Waals surface area contributed by atoms with E-state index in [-0.39, 0.29) is 33.5 Å². The van der Waals surface area contributed by atoms with Crippen LogP contribution in [0.4, 0.5) is 0 Å². The summed E-state index contributed by atoms with van der Waals surface area (Å²) in [4.78, 5) is 39.7. The van der Waals surface area contributed by atoms with Crippen molar-refractivity contribution in [2.75, 3.05) is 39.9 Å². The Bertz CT molecular complexity index is 1120. The van der Waals surface area contributed by atoms with Gasteiger partial charge in [-0.15, -0.1) is 0 Å². The fourth-order valence-electron chi connectivity index (χ4n) is 4.04. The molecule has 9 nitrogen and oxygen atoms in total. The molecule has 1 fully saturated rings. The van der Waals surface area contributed by atoms with Crippen LogP contribution in [-0.4, -0.2) is 74.7 Å². The number of halogens is 2. The monoisotopic (exact) mass is 551 g/mol. The van der Waals surface area contributed by atoms with Gasteiger partial charge in [-0.1, -0.05) is 53.5 Å². The molecule has 0 saturated carbocycles. The number of nitrogens with one attached hydrogen (secondary N) is 2. The van der Waals surface area contributed by atoms with E-state index in [1.54, 1.807) is 0 Å². The van der Waals surface area contributed by atoms with Gasteiger partial charge in [-0.05, 0) is 18.6 Å². The summed E-state index contributed by atoms with van der Waals surface area (Å²) >= 11 is 13.0. The Morgan fingerprint density at radius 3 is 2.57 bits per heavy atom. The molecule has 3 rings (SSSR count). The van der Waals surface area contributed by atoms with E-state index in [1.165, 1.54) is 20.1 Å². The van der Waals surface area contributed by atoms with Crippen LogP contribution in [0.2, 0.25) is 10.0 Å². The van der Waals surface area contributed by atoms with E-state index in [0.29, 0.717) is 19.2 Å². The number of methoxy groups -OCH3 is 1. The molecule has 2 atom stereocenters. The molecule has 200 valence electrons. The van der Waals surface area contributed by atoms with Crippen molar-refractivity contribution in [3.8, 4) is 11.5 Å². The Balaban J connectivity index is 1.81. The zero-order valence-corrected chi connectivity index (χ0v) is 22.5. The fraction of sp³-hybridized carbons (Fsp3) is 0.423. The van der Waals surface area contributed by atoms with Gasteiger partial charge < -0.3 is 24.8 Å². The standard InChI is InChI=1S/C26H31Cl2N3O6/c1-16-15-31(10-9-29-16)11-12-36-24-20(27)14-19(23(22(24)28)37-17(2)32)25(33)30-21(26(34)35-3)13-18-7-5-4-6-8-18/h4-8,14,16,21,29H,9-13,15H2,1-3H3,(H,30,33)/t16?,21-/m0/s1. The second kappa shape index (κ2) is 13.6. The van der Waals surface area contributed by atoms with Gasteiger partial charge in [0.05, 0.1) is 17.7 Å². The summed E-state index contributed by atoms with van der Waals surface area (Å²) in [5, 5.41) is 5.97. The number of amides is 1. The minimum absolute atomic E-state index is 0.0670. The van der Waals surface area contributed by atoms with E-state index in [2.05, 4.69) is 22.5 Å². The van der Waals surface area contributed by atoms with E-state index in [4.69, 9.17) is 37.4 Å². The molecular formula is C26H31Cl2N3O6. The molecule has 0 spiro atoms. The molecule has 1 aliphatic heterocycles. The number of rotatable bonds is 10. The third-order valence-corrected chi connectivity index (χ3v) is 6.43. The van der Waals surface area contributed by atoms with Crippen LogP contribution in [0.5, 0.6) is 11.5 Å². The lowest BCUT2D eigenvalue weighted by atomic mass is 10.1. The molecule has 1 unspecified atom stereocenters. The third-order valence-electron chi connectivity index (χ3n) is 5.80. The van der Waals surface area contributed by atoms with Gasteiger partial charge in [0.15, 0.2) is 11.5 Å². The molecule has 11 heteroatoms. The Hall–Kier alpha value is -2.85. The minimum atomic E-state index is -1.00. The Morgan fingerprint density at radius 1 is 1.19 bits per heavy atom. The van der Waals surface area contributed by atoms with Gasteiger partial charge in [-0.2, -0.15) is 0 Å². The first kappa shape index (κ1) is 28.7. The summed E-state index contributed by atoms with van der Waals surface area (Å²) in [6.07, 6.45) is 0.190. The molecule has 2 aromatic carbocycles. The molecule has 2 N–H and O–H groups in total. The predicted octanol–water partition coefficient (Wildman–Crippen LogP) is 3.11. The number of piperazine rings is 1. The van der Waals surface area contributed by atoms with Gasteiger partial charge in [0.2, 0.25) is 0 Å². The number of nitrogens with zero attached hydrogens (tertiary/aromatic N) is 1. The van der Waals surface area contributed by atoms with Crippen LogP contribution in [-0.2, 0) is 20.7 Å². The molecule has 1 saturated heterocycles. The van der Waals surface area contributed by atoms with Crippen LogP contribution in [0.1, 0.15) is 29.8 Å². The maximum Gasteiger partial charge on any atom is 0.328 e. The summed E-state index contributed by atoms with van der Waals surface area (Å²) in [5.41, 5.74) is 0.701. The largest absolute Gasteiger partial charge is 0.489 e. The number of carbonyl (C=O) groups excluding carboxylic acids is 3. The van der Waals surface area contributed by atoms with Gasteiger partial charge in [0, 0.05) is 45.6 Å². The molecule has 1 amide bonds. The van der Waals surface area contributed by atoms with E-state index in [1.807, 2.05) is 30.3 Å². The number of hydrogen-bond acceptors (Lipinski definition) is 8. The molecule has 1 aliphatic rings. The second-order valence-electron chi connectivity index (χ2n) is 8.71. The molecule has 0 radical (unpaired) electrons. The third kappa shape index (κ3) is 8.07. The van der Waals surface area contributed by atoms with Gasteiger partial charge in [-0.25, -0.2) is 4.79 Å². The second-order valence-corrected chi connectivity index (χ2v) is 9.50. The van der Waals surface area contributed by atoms with E-state index < -0.39 is 23.9 Å². The lowest BCUT2D eigenvalue weighted by Crippen LogP contribution is -2.50. The zero-order chi connectivity index (χ0) is 26.9. The van der Waals surface area contributed by atoms with Crippen LogP contribution in [0, 0.1) is 0 Å². The molecule has 1 heterocycles. The van der Waals surface area contributed by atoms with Gasteiger partial charge in [-0.3, -0.25) is 14.5 Å². The molecule has 0 aromatic heterocycles. The van der Waals surface area contributed by atoms with Crippen LogP contribution >= 0.6 is 23.2 Å². The average molecular weight is 552 g/mol. The van der Waals surface area contributed by atoms with Crippen molar-refractivity contribution in [1.82, 2.24) is 15.5 Å². The lowest BCUT2D eigenvalue weighted by Gasteiger charge is -2.31. The first-order valence-electron chi connectivity index (χ1n) is 11.9. The first-order valence-corrected chi connectivity index (χ1v) is 12.7. The fourth-order valence-corrected chi connectivity index (χ4v) is 4.65. The summed E-state index contributed by atoms with van der Waals surface area (Å²) in [6, 6.07) is 9.83. The highest BCUT2D eigenvalue weighted by Crippen LogP contribution is 2.43. The van der Waals surface area contributed by atoms with E-state index in [0.717, 1.165) is 25.2 Å². The van der Waals surface area contributed by atoms with Crippen molar-refractivity contribution in [1.29, 1.82) is 0 Å². The minimum Gasteiger partial charge on any atom is -0.489 e. The molecule has 0 aliphatic carbocycles. The number of ether oxygens (including phenoxy) is 3. The van der Waals surface area contributed by atoms with Crippen molar-refractivity contribution < 1.29 is 28.6 Å². The van der Waals surface area contributed by atoms with Crippen molar-refractivity contribution in [2.24, 2.45) is 0 Å². The van der Waals surface area contributed by atoms with Crippen LogP contribution in [0.15, 0.2) is 36.4 Å². The Kier molecular flexibility index (Phi) is 10.6. The summed E-state index contributed by atoms with van der Waals surface area (Å²) in [7, 11) is 1.23. The topological polar surface area (TPSA) is 106 Å². The van der Waals surface area contributed by atoms with Crippen molar-refractivity contribution in [2.45, 2.75) is 32.4 Å². The predicted molar refractivity (Wildman–Crippen MR) is 141 cm³/mol. The molecule has 0 bridgehead atoms. The zero-order valence-electron chi connectivity index (χ0n) is 21.0. The lowest BCUT2D eigenvalue weighted by molar-refractivity contribution is -0.142. The Labute approximate surface area is 226 Å². The van der Waals surface area contributed by atoms with Crippen LogP contribution < -0.4 is 20.1 Å². The van der Waals surface area contributed by atoms with Crippen LogP contribution in [0.3, 0.4) is 0 Å². The van der Waals surface area contributed by atoms with Gasteiger partial charge in [0.1, 0.15) is 17.7 Å².